The van der Waals surface area contributed by atoms with E-state index in [0.717, 1.165) is 28.2 Å². The Morgan fingerprint density at radius 1 is 1.14 bits per heavy atom. The van der Waals surface area contributed by atoms with Crippen molar-refractivity contribution in [2.24, 2.45) is 0 Å². The molecular formula is C17H15BrN2O. The molecular weight excluding hydrogens is 328 g/mol. The fourth-order valence-corrected chi connectivity index (χ4v) is 2.65. The zero-order valence-electron chi connectivity index (χ0n) is 11.7. The summed E-state index contributed by atoms with van der Waals surface area (Å²) in [4.78, 5) is 4.47. The lowest BCUT2D eigenvalue weighted by molar-refractivity contribution is 0.414. The number of nitrogens with zero attached hydrogens (tertiary/aromatic N) is 2. The molecule has 0 unspecified atom stereocenters. The third-order valence-electron chi connectivity index (χ3n) is 3.31. The van der Waals surface area contributed by atoms with E-state index in [1.165, 1.54) is 5.56 Å². The summed E-state index contributed by atoms with van der Waals surface area (Å²) >= 11 is 3.50. The number of hydrogen-bond donors (Lipinski definition) is 0. The van der Waals surface area contributed by atoms with Gasteiger partial charge in [-0.1, -0.05) is 40.2 Å². The first-order chi connectivity index (χ1) is 10.3. The third kappa shape index (κ3) is 3.16. The molecule has 0 N–H and O–H groups in total. The Kier molecular flexibility index (Phi) is 4.06. The number of ether oxygens (including phenoxy) is 1. The number of benzene rings is 2. The Morgan fingerprint density at radius 3 is 2.67 bits per heavy atom. The highest BCUT2D eigenvalue weighted by Gasteiger charge is 2.07. The van der Waals surface area contributed by atoms with Crippen LogP contribution in [-0.2, 0) is 6.54 Å². The van der Waals surface area contributed by atoms with Crippen LogP contribution < -0.4 is 4.74 Å². The number of imidazole rings is 1. The molecule has 106 valence electrons. The maximum atomic E-state index is 5.19. The molecule has 3 aromatic rings. The fourth-order valence-electron chi connectivity index (χ4n) is 2.25. The first-order valence-corrected chi connectivity index (χ1v) is 7.45. The quantitative estimate of drug-likeness (QED) is 0.703. The number of methoxy groups -OCH3 is 1. The van der Waals surface area contributed by atoms with Crippen molar-refractivity contribution in [2.75, 3.05) is 7.11 Å². The second-order valence-electron chi connectivity index (χ2n) is 4.74. The molecule has 21 heavy (non-hydrogen) atoms. The maximum absolute atomic E-state index is 5.19. The van der Waals surface area contributed by atoms with Crippen LogP contribution in [0.2, 0.25) is 0 Å². The van der Waals surface area contributed by atoms with Gasteiger partial charge in [0.2, 0.25) is 0 Å². The summed E-state index contributed by atoms with van der Waals surface area (Å²) in [6, 6.07) is 16.3. The molecule has 1 aromatic heterocycles. The van der Waals surface area contributed by atoms with Crippen LogP contribution in [0.3, 0.4) is 0 Å². The van der Waals surface area contributed by atoms with Gasteiger partial charge in [0.05, 0.1) is 7.11 Å². The van der Waals surface area contributed by atoms with Crippen molar-refractivity contribution in [2.45, 2.75) is 6.54 Å². The van der Waals surface area contributed by atoms with Gasteiger partial charge in [0.25, 0.3) is 0 Å². The SMILES string of the molecule is COc1ccc(Cn2ccnc2-c2cccc(Br)c2)cc1. The molecule has 0 saturated heterocycles. The Bertz CT molecular complexity index is 735. The first kappa shape index (κ1) is 13.9. The normalized spacial score (nSPS) is 10.6. The second-order valence-corrected chi connectivity index (χ2v) is 5.65. The van der Waals surface area contributed by atoms with Crippen molar-refractivity contribution in [3.8, 4) is 17.1 Å². The average molecular weight is 343 g/mol. The lowest BCUT2D eigenvalue weighted by atomic mass is 10.2. The van der Waals surface area contributed by atoms with Crippen molar-refractivity contribution in [3.05, 3.63) is 71.0 Å². The zero-order chi connectivity index (χ0) is 14.7. The molecule has 0 aliphatic carbocycles. The highest BCUT2D eigenvalue weighted by molar-refractivity contribution is 9.10. The van der Waals surface area contributed by atoms with Gasteiger partial charge in [-0.15, -0.1) is 0 Å². The van der Waals surface area contributed by atoms with E-state index in [4.69, 9.17) is 4.74 Å². The molecule has 0 bridgehead atoms. The molecule has 4 heteroatoms. The topological polar surface area (TPSA) is 27.1 Å². The second kappa shape index (κ2) is 6.14. The van der Waals surface area contributed by atoms with Crippen molar-refractivity contribution >= 4 is 15.9 Å². The Labute approximate surface area is 132 Å². The monoisotopic (exact) mass is 342 g/mol. The van der Waals surface area contributed by atoms with Crippen LogP contribution in [0.25, 0.3) is 11.4 Å². The van der Waals surface area contributed by atoms with Crippen LogP contribution in [0.4, 0.5) is 0 Å². The van der Waals surface area contributed by atoms with Crippen LogP contribution in [0.5, 0.6) is 5.75 Å². The summed E-state index contributed by atoms with van der Waals surface area (Å²) in [5, 5.41) is 0. The minimum atomic E-state index is 0.784. The van der Waals surface area contributed by atoms with Gasteiger partial charge in [0, 0.05) is 29.0 Å². The van der Waals surface area contributed by atoms with E-state index in [1.807, 2.05) is 36.7 Å². The van der Waals surface area contributed by atoms with Gasteiger partial charge in [-0.25, -0.2) is 4.98 Å². The third-order valence-corrected chi connectivity index (χ3v) is 3.80. The van der Waals surface area contributed by atoms with Crippen LogP contribution in [0.1, 0.15) is 5.56 Å². The lowest BCUT2D eigenvalue weighted by Gasteiger charge is -2.09. The summed E-state index contributed by atoms with van der Waals surface area (Å²) in [5.41, 5.74) is 2.31. The Morgan fingerprint density at radius 2 is 1.95 bits per heavy atom. The highest BCUT2D eigenvalue weighted by atomic mass is 79.9. The minimum absolute atomic E-state index is 0.784. The molecule has 1 heterocycles. The van der Waals surface area contributed by atoms with E-state index < -0.39 is 0 Å². The summed E-state index contributed by atoms with van der Waals surface area (Å²) in [6.45, 7) is 0.784. The molecule has 0 aliphatic rings. The van der Waals surface area contributed by atoms with Gasteiger partial charge in [0.15, 0.2) is 0 Å². The number of rotatable bonds is 4. The highest BCUT2D eigenvalue weighted by Crippen LogP contribution is 2.22. The van der Waals surface area contributed by atoms with Crippen molar-refractivity contribution in [1.29, 1.82) is 0 Å². The van der Waals surface area contributed by atoms with Crippen LogP contribution >= 0.6 is 15.9 Å². The molecule has 0 fully saturated rings. The van der Waals surface area contributed by atoms with Crippen LogP contribution in [0, 0.1) is 0 Å². The lowest BCUT2D eigenvalue weighted by Crippen LogP contribution is -2.01. The molecule has 2 aromatic carbocycles. The summed E-state index contributed by atoms with van der Waals surface area (Å²) in [5.74, 6) is 1.84. The molecule has 0 saturated carbocycles. The molecule has 3 rings (SSSR count). The number of hydrogen-bond acceptors (Lipinski definition) is 2. The van der Waals surface area contributed by atoms with Crippen molar-refractivity contribution < 1.29 is 4.74 Å². The Hall–Kier alpha value is -2.07. The fraction of sp³-hybridized carbons (Fsp3) is 0.118. The average Bonchev–Trinajstić information content (AvgIpc) is 2.96. The maximum Gasteiger partial charge on any atom is 0.140 e. The summed E-state index contributed by atoms with van der Waals surface area (Å²) in [6.07, 6.45) is 3.83. The molecule has 0 spiro atoms. The van der Waals surface area contributed by atoms with Gasteiger partial charge in [0.1, 0.15) is 11.6 Å². The Balaban J connectivity index is 1.88. The van der Waals surface area contributed by atoms with Gasteiger partial charge in [-0.2, -0.15) is 0 Å². The van der Waals surface area contributed by atoms with Gasteiger partial charge in [-0.3, -0.25) is 0 Å². The van der Waals surface area contributed by atoms with E-state index in [2.05, 4.69) is 49.7 Å². The van der Waals surface area contributed by atoms with Crippen molar-refractivity contribution in [1.82, 2.24) is 9.55 Å². The zero-order valence-corrected chi connectivity index (χ0v) is 13.2. The van der Waals surface area contributed by atoms with E-state index in [1.54, 1.807) is 7.11 Å². The van der Waals surface area contributed by atoms with Gasteiger partial charge in [-0.05, 0) is 29.8 Å². The molecule has 0 radical (unpaired) electrons. The standard InChI is InChI=1S/C17H15BrN2O/c1-21-16-7-5-13(6-8-16)12-20-10-9-19-17(20)14-3-2-4-15(18)11-14/h2-11H,12H2,1H3. The predicted molar refractivity (Wildman–Crippen MR) is 87.5 cm³/mol. The molecule has 0 aliphatic heterocycles. The minimum Gasteiger partial charge on any atom is -0.497 e. The van der Waals surface area contributed by atoms with E-state index in [0.29, 0.717) is 0 Å². The molecule has 0 atom stereocenters. The van der Waals surface area contributed by atoms with Gasteiger partial charge < -0.3 is 9.30 Å². The largest absolute Gasteiger partial charge is 0.497 e. The van der Waals surface area contributed by atoms with Crippen molar-refractivity contribution in [3.63, 3.8) is 0 Å². The van der Waals surface area contributed by atoms with Crippen LogP contribution in [0.15, 0.2) is 65.4 Å². The smallest absolute Gasteiger partial charge is 0.140 e. The molecule has 0 amide bonds. The molecule has 3 nitrogen and oxygen atoms in total. The van der Waals surface area contributed by atoms with E-state index in [9.17, 15) is 0 Å². The van der Waals surface area contributed by atoms with Gasteiger partial charge >= 0.3 is 0 Å². The first-order valence-electron chi connectivity index (χ1n) is 6.66. The predicted octanol–water partition coefficient (Wildman–Crippen LogP) is 4.37. The van der Waals surface area contributed by atoms with E-state index >= 15 is 0 Å². The van der Waals surface area contributed by atoms with Crippen LogP contribution in [-0.4, -0.2) is 16.7 Å². The number of aromatic nitrogens is 2. The number of halogens is 1. The summed E-state index contributed by atoms with van der Waals surface area (Å²) in [7, 11) is 1.68. The van der Waals surface area contributed by atoms with E-state index in [-0.39, 0.29) is 0 Å². The summed E-state index contributed by atoms with van der Waals surface area (Å²) < 4.78 is 8.38.